The van der Waals surface area contributed by atoms with E-state index in [9.17, 15) is 14.0 Å². The zero-order chi connectivity index (χ0) is 21.8. The van der Waals surface area contributed by atoms with Gasteiger partial charge in [0, 0.05) is 29.6 Å². The van der Waals surface area contributed by atoms with Gasteiger partial charge >= 0.3 is 0 Å². The highest BCUT2D eigenvalue weighted by molar-refractivity contribution is 7.99. The van der Waals surface area contributed by atoms with Gasteiger partial charge in [0.15, 0.2) is 0 Å². The van der Waals surface area contributed by atoms with Crippen molar-refractivity contribution in [3.63, 3.8) is 0 Å². The molecular weight excluding hydrogens is 417 g/mol. The number of carbonyl (C=O) groups excluding carboxylic acids is 2. The van der Waals surface area contributed by atoms with Crippen LogP contribution in [0.2, 0.25) is 0 Å². The molecule has 0 spiro atoms. The first-order valence-electron chi connectivity index (χ1n) is 10.4. The third-order valence-corrected chi connectivity index (χ3v) is 6.87. The third-order valence-electron chi connectivity index (χ3n) is 5.86. The van der Waals surface area contributed by atoms with Crippen molar-refractivity contribution < 1.29 is 14.0 Å². The fourth-order valence-electron chi connectivity index (χ4n) is 4.16. The molecule has 4 rings (SSSR count). The molecule has 2 aliphatic rings. The Hall–Kier alpha value is -2.86. The van der Waals surface area contributed by atoms with Crippen LogP contribution in [-0.4, -0.2) is 65.2 Å². The maximum atomic E-state index is 13.5. The van der Waals surface area contributed by atoms with E-state index in [-0.39, 0.29) is 24.4 Å². The number of hydrogen-bond acceptors (Lipinski definition) is 6. The summed E-state index contributed by atoms with van der Waals surface area (Å²) < 4.78 is 13.5. The summed E-state index contributed by atoms with van der Waals surface area (Å²) in [6.45, 7) is 0.209. The van der Waals surface area contributed by atoms with Crippen LogP contribution in [0, 0.1) is 11.3 Å². The molecule has 0 aliphatic carbocycles. The van der Waals surface area contributed by atoms with Gasteiger partial charge in [-0.3, -0.25) is 14.6 Å². The van der Waals surface area contributed by atoms with E-state index in [0.29, 0.717) is 28.1 Å². The number of aromatic nitrogens is 1. The predicted octanol–water partition coefficient (Wildman–Crippen LogP) is 2.72. The lowest BCUT2D eigenvalue weighted by molar-refractivity contribution is -0.129. The van der Waals surface area contributed by atoms with Crippen LogP contribution in [0.25, 0.3) is 10.9 Å². The van der Waals surface area contributed by atoms with Crippen LogP contribution in [-0.2, 0) is 4.79 Å². The minimum atomic E-state index is -0.452. The van der Waals surface area contributed by atoms with Crippen molar-refractivity contribution in [1.82, 2.24) is 15.2 Å². The van der Waals surface area contributed by atoms with Crippen LogP contribution < -0.4 is 10.2 Å². The molecule has 0 saturated carbocycles. The second kappa shape index (κ2) is 9.52. The third kappa shape index (κ3) is 4.44. The first-order chi connectivity index (χ1) is 15.1. The number of nitrogens with one attached hydrogen (secondary N) is 1. The molecule has 0 bridgehead atoms. The summed E-state index contributed by atoms with van der Waals surface area (Å²) in [5.41, 5.74) is 1.96. The molecule has 2 fully saturated rings. The van der Waals surface area contributed by atoms with Crippen molar-refractivity contribution in [2.45, 2.75) is 31.3 Å². The summed E-state index contributed by atoms with van der Waals surface area (Å²) >= 11 is 1.52. The van der Waals surface area contributed by atoms with Crippen LogP contribution in [0.1, 0.15) is 29.6 Å². The van der Waals surface area contributed by atoms with E-state index in [1.807, 2.05) is 18.2 Å². The number of rotatable bonds is 5. The zero-order valence-corrected chi connectivity index (χ0v) is 17.9. The zero-order valence-electron chi connectivity index (χ0n) is 17.1. The molecule has 31 heavy (non-hydrogen) atoms. The first-order valence-corrected chi connectivity index (χ1v) is 11.5. The minimum absolute atomic E-state index is 0.149. The van der Waals surface area contributed by atoms with Crippen molar-refractivity contribution in [2.24, 2.45) is 0 Å². The van der Waals surface area contributed by atoms with Crippen molar-refractivity contribution in [1.29, 1.82) is 5.26 Å². The number of carbonyl (C=O) groups is 2. The van der Waals surface area contributed by atoms with Gasteiger partial charge in [-0.05, 0) is 43.5 Å². The van der Waals surface area contributed by atoms with Gasteiger partial charge < -0.3 is 15.1 Å². The number of piperidine rings is 1. The Bertz CT molecular complexity index is 1030. The van der Waals surface area contributed by atoms with Crippen molar-refractivity contribution in [2.75, 3.05) is 36.3 Å². The van der Waals surface area contributed by atoms with E-state index in [1.165, 1.54) is 16.7 Å². The fraction of sp³-hybridized carbons (Fsp3) is 0.455. The topological polar surface area (TPSA) is 89.3 Å². The molecule has 0 unspecified atom stereocenters. The van der Waals surface area contributed by atoms with Crippen LogP contribution in [0.15, 0.2) is 30.5 Å². The number of nitrogens with zero attached hydrogens (tertiary/aromatic N) is 4. The van der Waals surface area contributed by atoms with Gasteiger partial charge in [-0.15, -0.1) is 11.8 Å². The number of halogens is 1. The SMILES string of the molecule is N#C[C@@H]1CSCN1C(=O)CNC(=O)c1ccnc2ccc(N3CCCC[C@H]3CF)cc12. The lowest BCUT2D eigenvalue weighted by Gasteiger charge is -2.36. The minimum Gasteiger partial charge on any atom is -0.366 e. The Labute approximate surface area is 184 Å². The highest BCUT2D eigenvalue weighted by Crippen LogP contribution is 2.29. The quantitative estimate of drug-likeness (QED) is 0.768. The number of amides is 2. The van der Waals surface area contributed by atoms with E-state index in [1.54, 1.807) is 12.3 Å². The molecule has 7 nitrogen and oxygen atoms in total. The summed E-state index contributed by atoms with van der Waals surface area (Å²) in [7, 11) is 0. The highest BCUT2D eigenvalue weighted by Gasteiger charge is 2.29. The lowest BCUT2D eigenvalue weighted by atomic mass is 10.0. The Morgan fingerprint density at radius 3 is 3.00 bits per heavy atom. The number of pyridine rings is 1. The van der Waals surface area contributed by atoms with Crippen LogP contribution in [0.3, 0.4) is 0 Å². The number of fused-ring (bicyclic) bond motifs is 1. The van der Waals surface area contributed by atoms with Crippen LogP contribution >= 0.6 is 11.8 Å². The highest BCUT2D eigenvalue weighted by atomic mass is 32.2. The molecule has 1 aromatic carbocycles. The smallest absolute Gasteiger partial charge is 0.252 e. The monoisotopic (exact) mass is 441 g/mol. The molecule has 9 heteroatoms. The molecule has 1 aromatic heterocycles. The van der Waals surface area contributed by atoms with Crippen LogP contribution in [0.4, 0.5) is 10.1 Å². The van der Waals surface area contributed by atoms with Crippen molar-refractivity contribution >= 4 is 40.2 Å². The standard InChI is InChI=1S/C22H24FN5O2S/c23-10-16-3-1-2-8-27(16)15-4-5-20-19(9-15)18(6-7-25-20)22(30)26-12-21(29)28-14-31-13-17(28)11-24/h4-7,9,16-17H,1-3,8,10,12-14H2,(H,26,30)/t16-,17+/m0/s1. The number of thioether (sulfide) groups is 1. The fourth-order valence-corrected chi connectivity index (χ4v) is 5.26. The average molecular weight is 442 g/mol. The molecule has 0 radical (unpaired) electrons. The van der Waals surface area contributed by atoms with Gasteiger partial charge in [0.25, 0.3) is 5.91 Å². The van der Waals surface area contributed by atoms with E-state index in [0.717, 1.165) is 31.5 Å². The molecule has 2 aromatic rings. The van der Waals surface area contributed by atoms with Gasteiger partial charge in [0.05, 0.1) is 35.6 Å². The van der Waals surface area contributed by atoms with Crippen molar-refractivity contribution in [3.8, 4) is 6.07 Å². The summed E-state index contributed by atoms with van der Waals surface area (Å²) in [5, 5.41) is 12.5. The van der Waals surface area contributed by atoms with Crippen LogP contribution in [0.5, 0.6) is 0 Å². The van der Waals surface area contributed by atoms with E-state index < -0.39 is 12.7 Å². The van der Waals surface area contributed by atoms with E-state index >= 15 is 0 Å². The first kappa shape index (κ1) is 21.4. The number of alkyl halides is 1. The summed E-state index contributed by atoms with van der Waals surface area (Å²) in [4.78, 5) is 33.2. The molecule has 2 saturated heterocycles. The van der Waals surface area contributed by atoms with Gasteiger partial charge in [-0.25, -0.2) is 4.39 Å². The van der Waals surface area contributed by atoms with Gasteiger partial charge in [0.1, 0.15) is 12.7 Å². The molecule has 162 valence electrons. The summed E-state index contributed by atoms with van der Waals surface area (Å²) in [6, 6.07) is 8.78. The molecular formula is C22H24FN5O2S. The van der Waals surface area contributed by atoms with Gasteiger partial charge in [0.2, 0.25) is 5.91 Å². The van der Waals surface area contributed by atoms with Gasteiger partial charge in [-0.2, -0.15) is 5.26 Å². The van der Waals surface area contributed by atoms with Crippen molar-refractivity contribution in [3.05, 3.63) is 36.0 Å². The maximum Gasteiger partial charge on any atom is 0.252 e. The largest absolute Gasteiger partial charge is 0.366 e. The number of benzene rings is 1. The second-order valence-corrected chi connectivity index (χ2v) is 8.75. The normalized spacial score (nSPS) is 21.2. The molecule has 3 heterocycles. The maximum absolute atomic E-state index is 13.5. The number of hydrogen-bond donors (Lipinski definition) is 1. The molecule has 2 amide bonds. The van der Waals surface area contributed by atoms with E-state index in [2.05, 4.69) is 21.3 Å². The number of nitriles is 1. The Balaban J connectivity index is 1.53. The predicted molar refractivity (Wildman–Crippen MR) is 119 cm³/mol. The average Bonchev–Trinajstić information content (AvgIpc) is 3.30. The summed E-state index contributed by atoms with van der Waals surface area (Å²) in [6.07, 6.45) is 4.40. The lowest BCUT2D eigenvalue weighted by Crippen LogP contribution is -2.42. The Morgan fingerprint density at radius 1 is 1.32 bits per heavy atom. The molecule has 1 N–H and O–H groups in total. The Kier molecular flexibility index (Phi) is 6.56. The van der Waals surface area contributed by atoms with E-state index in [4.69, 9.17) is 5.26 Å². The molecule has 2 aliphatic heterocycles. The summed E-state index contributed by atoms with van der Waals surface area (Å²) in [5.74, 6) is 0.395. The van der Waals surface area contributed by atoms with Gasteiger partial charge in [-0.1, -0.05) is 0 Å². The second-order valence-electron chi connectivity index (χ2n) is 7.75. The Morgan fingerprint density at radius 2 is 2.19 bits per heavy atom. The number of anilines is 1. The molecule has 2 atom stereocenters.